The third-order valence-corrected chi connectivity index (χ3v) is 4.37. The van der Waals surface area contributed by atoms with Gasteiger partial charge in [0, 0.05) is 35.9 Å². The summed E-state index contributed by atoms with van der Waals surface area (Å²) < 4.78 is 0. The fraction of sp³-hybridized carbons (Fsp3) is 0.300. The third kappa shape index (κ3) is 5.58. The van der Waals surface area contributed by atoms with Crippen molar-refractivity contribution in [2.45, 2.75) is 20.4 Å². The molecule has 0 aliphatic rings. The van der Waals surface area contributed by atoms with Gasteiger partial charge in [0.2, 0.25) is 5.91 Å². The van der Waals surface area contributed by atoms with Crippen LogP contribution in [0.2, 0.25) is 5.02 Å². The summed E-state index contributed by atoms with van der Waals surface area (Å²) in [4.78, 5) is 26.2. The summed E-state index contributed by atoms with van der Waals surface area (Å²) >= 11 is 6.09. The van der Waals surface area contributed by atoms with E-state index in [0.717, 1.165) is 5.56 Å². The van der Waals surface area contributed by atoms with Crippen LogP contribution in [-0.2, 0) is 11.3 Å². The summed E-state index contributed by atoms with van der Waals surface area (Å²) in [5.41, 5.74) is 2.11. The van der Waals surface area contributed by atoms with E-state index in [4.69, 9.17) is 11.6 Å². The highest BCUT2D eigenvalue weighted by Gasteiger charge is 2.13. The third-order valence-electron chi connectivity index (χ3n) is 4.00. The lowest BCUT2D eigenvalue weighted by Crippen LogP contribution is -2.30. The van der Waals surface area contributed by atoms with Gasteiger partial charge in [-0.3, -0.25) is 9.59 Å². The number of benzene rings is 2. The average molecular weight is 374 g/mol. The van der Waals surface area contributed by atoms with Gasteiger partial charge in [-0.25, -0.2) is 0 Å². The molecule has 2 N–H and O–H groups in total. The molecule has 0 saturated carbocycles. The van der Waals surface area contributed by atoms with Crippen molar-refractivity contribution in [3.05, 3.63) is 64.7 Å². The quantitative estimate of drug-likeness (QED) is 0.743. The van der Waals surface area contributed by atoms with Crippen LogP contribution in [0.1, 0.15) is 29.8 Å². The average Bonchev–Trinajstić information content (AvgIpc) is 2.64. The van der Waals surface area contributed by atoms with Gasteiger partial charge in [-0.1, -0.05) is 35.9 Å². The topological polar surface area (TPSA) is 61.4 Å². The zero-order chi connectivity index (χ0) is 18.9. The molecule has 0 aliphatic carbocycles. The van der Waals surface area contributed by atoms with E-state index in [9.17, 15) is 9.59 Å². The van der Waals surface area contributed by atoms with Crippen LogP contribution in [0.4, 0.5) is 5.69 Å². The molecule has 0 radical (unpaired) electrons. The van der Waals surface area contributed by atoms with E-state index >= 15 is 0 Å². The number of hydrogen-bond donors (Lipinski definition) is 2. The summed E-state index contributed by atoms with van der Waals surface area (Å²) in [7, 11) is 0. The lowest BCUT2D eigenvalue weighted by molar-refractivity contribution is -0.115. The summed E-state index contributed by atoms with van der Waals surface area (Å²) in [6, 6.07) is 14.5. The second-order valence-electron chi connectivity index (χ2n) is 5.80. The van der Waals surface area contributed by atoms with Gasteiger partial charge in [0.1, 0.15) is 0 Å². The van der Waals surface area contributed by atoms with Crippen molar-refractivity contribution >= 4 is 29.1 Å². The van der Waals surface area contributed by atoms with Crippen LogP contribution in [0.3, 0.4) is 0 Å². The predicted molar refractivity (Wildman–Crippen MR) is 105 cm³/mol. The van der Waals surface area contributed by atoms with Gasteiger partial charge >= 0.3 is 0 Å². The van der Waals surface area contributed by atoms with Crippen LogP contribution in [0.15, 0.2) is 48.5 Å². The first-order chi connectivity index (χ1) is 12.5. The standard InChI is InChI=1S/C20H24ClN3O2/c1-3-24(4-2)20(26)15-9-7-10-17(12-15)23-19(25)14-22-13-16-8-5-6-11-18(16)21/h5-12,22H,3-4,13-14H2,1-2H3,(H,23,25). The highest BCUT2D eigenvalue weighted by atomic mass is 35.5. The van der Waals surface area contributed by atoms with Gasteiger partial charge < -0.3 is 15.5 Å². The Morgan fingerprint density at radius 1 is 1.04 bits per heavy atom. The highest BCUT2D eigenvalue weighted by Crippen LogP contribution is 2.15. The number of rotatable bonds is 8. The molecule has 2 aromatic rings. The minimum atomic E-state index is -0.176. The molecule has 0 bridgehead atoms. The lowest BCUT2D eigenvalue weighted by Gasteiger charge is -2.19. The molecule has 0 unspecified atom stereocenters. The first-order valence-corrected chi connectivity index (χ1v) is 9.06. The zero-order valence-electron chi connectivity index (χ0n) is 15.1. The maximum absolute atomic E-state index is 12.4. The van der Waals surface area contributed by atoms with Gasteiger partial charge in [0.25, 0.3) is 5.91 Å². The Balaban J connectivity index is 1.90. The largest absolute Gasteiger partial charge is 0.339 e. The Morgan fingerprint density at radius 3 is 2.46 bits per heavy atom. The molecule has 0 aromatic heterocycles. The second kappa shape index (κ2) is 9.94. The number of nitrogens with one attached hydrogen (secondary N) is 2. The van der Waals surface area contributed by atoms with E-state index in [0.29, 0.717) is 35.9 Å². The second-order valence-corrected chi connectivity index (χ2v) is 6.21. The molecule has 6 heteroatoms. The van der Waals surface area contributed by atoms with Crippen LogP contribution in [0.25, 0.3) is 0 Å². The van der Waals surface area contributed by atoms with Gasteiger partial charge in [-0.2, -0.15) is 0 Å². The smallest absolute Gasteiger partial charge is 0.253 e. The van der Waals surface area contributed by atoms with E-state index in [1.54, 1.807) is 29.2 Å². The van der Waals surface area contributed by atoms with E-state index < -0.39 is 0 Å². The number of hydrogen-bond acceptors (Lipinski definition) is 3. The molecule has 5 nitrogen and oxygen atoms in total. The zero-order valence-corrected chi connectivity index (χ0v) is 15.8. The number of nitrogens with zero attached hydrogens (tertiary/aromatic N) is 1. The molecular formula is C20H24ClN3O2. The number of carbonyl (C=O) groups excluding carboxylic acids is 2. The van der Waals surface area contributed by atoms with Crippen LogP contribution in [0.5, 0.6) is 0 Å². The minimum absolute atomic E-state index is 0.0389. The lowest BCUT2D eigenvalue weighted by atomic mass is 10.1. The van der Waals surface area contributed by atoms with Crippen molar-refractivity contribution in [2.75, 3.05) is 25.0 Å². The maximum Gasteiger partial charge on any atom is 0.253 e. The van der Waals surface area contributed by atoms with Crippen molar-refractivity contribution in [1.82, 2.24) is 10.2 Å². The van der Waals surface area contributed by atoms with Crippen LogP contribution in [-0.4, -0.2) is 36.3 Å². The fourth-order valence-electron chi connectivity index (χ4n) is 2.58. The Bertz CT molecular complexity index is 760. The molecule has 0 saturated heterocycles. The van der Waals surface area contributed by atoms with Crippen LogP contribution >= 0.6 is 11.6 Å². The summed E-state index contributed by atoms with van der Waals surface area (Å²) in [5, 5.41) is 6.54. The van der Waals surface area contributed by atoms with Crippen molar-refractivity contribution < 1.29 is 9.59 Å². The summed E-state index contributed by atoms with van der Waals surface area (Å²) in [6.07, 6.45) is 0. The number of anilines is 1. The van der Waals surface area contributed by atoms with Gasteiger partial charge in [-0.05, 0) is 43.7 Å². The Hall–Kier alpha value is -2.37. The van der Waals surface area contributed by atoms with Crippen molar-refractivity contribution in [3.8, 4) is 0 Å². The van der Waals surface area contributed by atoms with Crippen LogP contribution < -0.4 is 10.6 Å². The Morgan fingerprint density at radius 2 is 1.77 bits per heavy atom. The van der Waals surface area contributed by atoms with E-state index in [-0.39, 0.29) is 18.4 Å². The molecule has 0 heterocycles. The first-order valence-electron chi connectivity index (χ1n) is 8.68. The molecular weight excluding hydrogens is 350 g/mol. The van der Waals surface area contributed by atoms with Crippen LogP contribution in [0, 0.1) is 0 Å². The molecule has 2 aromatic carbocycles. The molecule has 2 amide bonds. The minimum Gasteiger partial charge on any atom is -0.339 e. The Labute approximate surface area is 159 Å². The molecule has 2 rings (SSSR count). The maximum atomic E-state index is 12.4. The van der Waals surface area contributed by atoms with Crippen molar-refractivity contribution in [3.63, 3.8) is 0 Å². The first kappa shape index (κ1) is 19.9. The SMILES string of the molecule is CCN(CC)C(=O)c1cccc(NC(=O)CNCc2ccccc2Cl)c1. The van der Waals surface area contributed by atoms with E-state index in [2.05, 4.69) is 10.6 Å². The number of carbonyl (C=O) groups is 2. The van der Waals surface area contributed by atoms with Gasteiger partial charge in [0.05, 0.1) is 6.54 Å². The molecule has 0 aliphatic heterocycles. The van der Waals surface area contributed by atoms with E-state index in [1.807, 2.05) is 38.1 Å². The fourth-order valence-corrected chi connectivity index (χ4v) is 2.78. The summed E-state index contributed by atoms with van der Waals surface area (Å²) in [5.74, 6) is -0.215. The molecule has 26 heavy (non-hydrogen) atoms. The van der Waals surface area contributed by atoms with Gasteiger partial charge in [0.15, 0.2) is 0 Å². The number of amides is 2. The molecule has 0 atom stereocenters. The normalized spacial score (nSPS) is 10.4. The van der Waals surface area contributed by atoms with Gasteiger partial charge in [-0.15, -0.1) is 0 Å². The van der Waals surface area contributed by atoms with Crippen molar-refractivity contribution in [2.24, 2.45) is 0 Å². The Kier molecular flexibility index (Phi) is 7.63. The predicted octanol–water partition coefficient (Wildman–Crippen LogP) is 3.55. The van der Waals surface area contributed by atoms with E-state index in [1.165, 1.54) is 0 Å². The summed E-state index contributed by atoms with van der Waals surface area (Å²) in [6.45, 7) is 5.85. The van der Waals surface area contributed by atoms with Crippen molar-refractivity contribution in [1.29, 1.82) is 0 Å². The molecule has 0 fully saturated rings. The molecule has 138 valence electrons. The highest BCUT2D eigenvalue weighted by molar-refractivity contribution is 6.31. The monoisotopic (exact) mass is 373 g/mol. The molecule has 0 spiro atoms. The number of halogens is 1.